The van der Waals surface area contributed by atoms with E-state index >= 15 is 0 Å². The Morgan fingerprint density at radius 1 is 0.967 bits per heavy atom. The number of carbonyl (C=O) groups is 1. The Bertz CT molecular complexity index is 778. The van der Waals surface area contributed by atoms with Gasteiger partial charge in [0.2, 0.25) is 0 Å². The minimum absolute atomic E-state index is 0.142. The quantitative estimate of drug-likeness (QED) is 0.227. The van der Waals surface area contributed by atoms with Crippen LogP contribution in [0.4, 0.5) is 0 Å². The molecule has 30 heavy (non-hydrogen) atoms. The summed E-state index contributed by atoms with van der Waals surface area (Å²) in [6, 6.07) is 14.8. The van der Waals surface area contributed by atoms with E-state index in [1.54, 1.807) is 0 Å². The van der Waals surface area contributed by atoms with Crippen LogP contribution < -0.4 is 4.74 Å². The van der Waals surface area contributed by atoms with E-state index in [2.05, 4.69) is 62.9 Å². The normalized spacial score (nSPS) is 12.2. The molecule has 2 aromatic carbocycles. The number of rotatable bonds is 12. The Kier molecular flexibility index (Phi) is 10.1. The highest BCUT2D eigenvalue weighted by Gasteiger charge is 2.18. The molecule has 0 saturated heterocycles. The van der Waals surface area contributed by atoms with Crippen molar-refractivity contribution in [3.05, 3.63) is 53.6 Å². The summed E-state index contributed by atoms with van der Waals surface area (Å²) in [5, 5.41) is 0. The summed E-state index contributed by atoms with van der Waals surface area (Å²) in [7, 11) is 0. The summed E-state index contributed by atoms with van der Waals surface area (Å²) in [5.74, 6) is 0.307. The summed E-state index contributed by atoms with van der Waals surface area (Å²) in [6.07, 6.45) is 5.96. The van der Waals surface area contributed by atoms with E-state index in [1.165, 1.54) is 41.5 Å². The van der Waals surface area contributed by atoms with Gasteiger partial charge in [0.15, 0.2) is 0 Å². The van der Waals surface area contributed by atoms with E-state index in [1.807, 2.05) is 19.1 Å². The SMILES string of the molecule is CCCCCc1ccc(-c2ccc(OC(=O)C(C)CN(CC)CC)cc2)c(CC)c1. The zero-order valence-electron chi connectivity index (χ0n) is 19.5. The minimum atomic E-state index is -0.166. The number of hydrogen-bond acceptors (Lipinski definition) is 3. The topological polar surface area (TPSA) is 29.5 Å². The number of esters is 1. The molecule has 0 aliphatic carbocycles. The van der Waals surface area contributed by atoms with E-state index in [9.17, 15) is 4.79 Å². The summed E-state index contributed by atoms with van der Waals surface area (Å²) in [5.41, 5.74) is 5.24. The van der Waals surface area contributed by atoms with Gasteiger partial charge in [-0.25, -0.2) is 0 Å². The number of carbonyl (C=O) groups excluding carboxylic acids is 1. The largest absolute Gasteiger partial charge is 0.426 e. The highest BCUT2D eigenvalue weighted by atomic mass is 16.5. The Balaban J connectivity index is 2.05. The van der Waals surface area contributed by atoms with Crippen LogP contribution in [0.2, 0.25) is 0 Å². The first kappa shape index (κ1) is 24.1. The molecular formula is C27H39NO2. The van der Waals surface area contributed by atoms with Crippen molar-refractivity contribution in [3.8, 4) is 16.9 Å². The lowest BCUT2D eigenvalue weighted by Gasteiger charge is -2.21. The Hall–Kier alpha value is -2.13. The second-order valence-electron chi connectivity index (χ2n) is 8.13. The highest BCUT2D eigenvalue weighted by Crippen LogP contribution is 2.28. The van der Waals surface area contributed by atoms with Gasteiger partial charge in [-0.15, -0.1) is 0 Å². The average Bonchev–Trinajstić information content (AvgIpc) is 2.77. The summed E-state index contributed by atoms with van der Waals surface area (Å²) >= 11 is 0. The summed E-state index contributed by atoms with van der Waals surface area (Å²) in [6.45, 7) is 13.2. The molecule has 0 aromatic heterocycles. The van der Waals surface area contributed by atoms with Gasteiger partial charge >= 0.3 is 5.97 Å². The predicted octanol–water partition coefficient (Wildman–Crippen LogP) is 6.53. The molecule has 0 N–H and O–H groups in total. The van der Waals surface area contributed by atoms with Gasteiger partial charge in [-0.3, -0.25) is 4.79 Å². The minimum Gasteiger partial charge on any atom is -0.426 e. The molecule has 2 aromatic rings. The lowest BCUT2D eigenvalue weighted by atomic mass is 9.94. The number of ether oxygens (including phenoxy) is 1. The van der Waals surface area contributed by atoms with E-state index in [0.29, 0.717) is 5.75 Å². The van der Waals surface area contributed by atoms with Crippen molar-refractivity contribution < 1.29 is 9.53 Å². The molecule has 164 valence electrons. The van der Waals surface area contributed by atoms with Crippen LogP contribution >= 0.6 is 0 Å². The maximum absolute atomic E-state index is 12.4. The van der Waals surface area contributed by atoms with Gasteiger partial charge in [0.1, 0.15) is 5.75 Å². The fraction of sp³-hybridized carbons (Fsp3) is 0.519. The first-order valence-corrected chi connectivity index (χ1v) is 11.7. The van der Waals surface area contributed by atoms with Crippen LogP contribution in [0.25, 0.3) is 11.1 Å². The third-order valence-corrected chi connectivity index (χ3v) is 5.83. The number of unbranched alkanes of at least 4 members (excludes halogenated alkanes) is 2. The van der Waals surface area contributed by atoms with E-state index in [-0.39, 0.29) is 11.9 Å². The maximum atomic E-state index is 12.4. The Morgan fingerprint density at radius 3 is 2.27 bits per heavy atom. The van der Waals surface area contributed by atoms with Crippen LogP contribution in [-0.4, -0.2) is 30.5 Å². The fourth-order valence-electron chi connectivity index (χ4n) is 3.82. The summed E-state index contributed by atoms with van der Waals surface area (Å²) in [4.78, 5) is 14.7. The van der Waals surface area contributed by atoms with Crippen LogP contribution in [0.3, 0.4) is 0 Å². The number of hydrogen-bond donors (Lipinski definition) is 0. The molecule has 0 amide bonds. The molecule has 3 nitrogen and oxygen atoms in total. The molecule has 1 atom stereocenters. The molecule has 0 saturated carbocycles. The van der Waals surface area contributed by atoms with E-state index in [4.69, 9.17) is 4.74 Å². The van der Waals surface area contributed by atoms with Gasteiger partial charge in [-0.2, -0.15) is 0 Å². The van der Waals surface area contributed by atoms with Crippen LogP contribution in [0, 0.1) is 5.92 Å². The Labute approximate surface area is 183 Å². The van der Waals surface area contributed by atoms with Crippen LogP contribution in [0.15, 0.2) is 42.5 Å². The van der Waals surface area contributed by atoms with Crippen LogP contribution in [0.5, 0.6) is 5.75 Å². The Morgan fingerprint density at radius 2 is 1.67 bits per heavy atom. The maximum Gasteiger partial charge on any atom is 0.315 e. The highest BCUT2D eigenvalue weighted by molar-refractivity contribution is 5.75. The van der Waals surface area contributed by atoms with Crippen molar-refractivity contribution in [2.45, 2.75) is 66.7 Å². The van der Waals surface area contributed by atoms with E-state index < -0.39 is 0 Å². The molecule has 2 rings (SSSR count). The second-order valence-corrected chi connectivity index (χ2v) is 8.13. The molecule has 0 fully saturated rings. The zero-order chi connectivity index (χ0) is 21.9. The molecule has 1 unspecified atom stereocenters. The lowest BCUT2D eigenvalue weighted by molar-refractivity contribution is -0.138. The van der Waals surface area contributed by atoms with Gasteiger partial charge in [0, 0.05) is 6.54 Å². The molecule has 0 aliphatic rings. The van der Waals surface area contributed by atoms with Crippen molar-refractivity contribution in [1.82, 2.24) is 4.90 Å². The van der Waals surface area contributed by atoms with Gasteiger partial charge in [-0.1, -0.05) is 77.8 Å². The third kappa shape index (κ3) is 6.98. The standard InChI is InChI=1S/C27H39NO2/c1-6-10-11-12-22-13-18-26(23(7-2)19-22)24-14-16-25(17-15-24)30-27(29)21(5)20-28(8-3)9-4/h13-19,21H,6-12,20H2,1-5H3. The first-order chi connectivity index (χ1) is 14.5. The smallest absolute Gasteiger partial charge is 0.315 e. The fourth-order valence-corrected chi connectivity index (χ4v) is 3.82. The number of nitrogens with zero attached hydrogens (tertiary/aromatic N) is 1. The second kappa shape index (κ2) is 12.5. The summed E-state index contributed by atoms with van der Waals surface area (Å²) < 4.78 is 5.62. The third-order valence-electron chi connectivity index (χ3n) is 5.83. The molecule has 0 spiro atoms. The van der Waals surface area contributed by atoms with Crippen molar-refractivity contribution in [2.24, 2.45) is 5.92 Å². The molecular weight excluding hydrogens is 370 g/mol. The monoisotopic (exact) mass is 409 g/mol. The average molecular weight is 410 g/mol. The number of benzene rings is 2. The van der Waals surface area contributed by atoms with Crippen molar-refractivity contribution >= 4 is 5.97 Å². The van der Waals surface area contributed by atoms with E-state index in [0.717, 1.165) is 32.5 Å². The van der Waals surface area contributed by atoms with Gasteiger partial charge in [0.05, 0.1) is 5.92 Å². The zero-order valence-corrected chi connectivity index (χ0v) is 19.5. The molecule has 0 aliphatic heterocycles. The van der Waals surface area contributed by atoms with Gasteiger partial charge in [-0.05, 0) is 66.7 Å². The van der Waals surface area contributed by atoms with Crippen LogP contribution in [-0.2, 0) is 17.6 Å². The molecule has 0 bridgehead atoms. The van der Waals surface area contributed by atoms with Crippen molar-refractivity contribution in [1.29, 1.82) is 0 Å². The lowest BCUT2D eigenvalue weighted by Crippen LogP contribution is -2.33. The molecule has 0 heterocycles. The first-order valence-electron chi connectivity index (χ1n) is 11.7. The van der Waals surface area contributed by atoms with Crippen molar-refractivity contribution in [3.63, 3.8) is 0 Å². The number of aryl methyl sites for hydroxylation is 2. The van der Waals surface area contributed by atoms with Crippen molar-refractivity contribution in [2.75, 3.05) is 19.6 Å². The van der Waals surface area contributed by atoms with Gasteiger partial charge in [0.25, 0.3) is 0 Å². The molecule has 3 heteroatoms. The predicted molar refractivity (Wildman–Crippen MR) is 127 cm³/mol. The van der Waals surface area contributed by atoms with Gasteiger partial charge < -0.3 is 9.64 Å². The van der Waals surface area contributed by atoms with Crippen LogP contribution in [0.1, 0.15) is 65.0 Å². The molecule has 0 radical (unpaired) electrons.